The van der Waals surface area contributed by atoms with Crippen LogP contribution >= 0.6 is 0 Å². The van der Waals surface area contributed by atoms with Crippen LogP contribution in [-0.2, 0) is 17.9 Å². The van der Waals surface area contributed by atoms with E-state index in [1.807, 2.05) is 0 Å². The fourth-order valence-corrected chi connectivity index (χ4v) is 2.46. The molecule has 2 heteroatoms. The van der Waals surface area contributed by atoms with Crippen LogP contribution in [0, 0.1) is 5.92 Å². The Bertz CT molecular complexity index is 360. The Morgan fingerprint density at radius 3 is 2.84 bits per heavy atom. The third-order valence-corrected chi connectivity index (χ3v) is 3.91. The topological polar surface area (TPSA) is 21.3 Å². The third kappa shape index (κ3) is 5.33. The fourth-order valence-electron chi connectivity index (χ4n) is 2.46. The van der Waals surface area contributed by atoms with E-state index in [1.54, 1.807) is 0 Å². The summed E-state index contributed by atoms with van der Waals surface area (Å²) in [5, 5.41) is 3.44. The van der Waals surface area contributed by atoms with E-state index in [2.05, 4.69) is 36.5 Å². The molecule has 0 aliphatic heterocycles. The minimum absolute atomic E-state index is 0.758. The van der Waals surface area contributed by atoms with Crippen molar-refractivity contribution in [2.24, 2.45) is 5.92 Å². The van der Waals surface area contributed by atoms with Crippen molar-refractivity contribution < 1.29 is 4.74 Å². The van der Waals surface area contributed by atoms with Gasteiger partial charge in [0.05, 0.1) is 6.61 Å². The highest BCUT2D eigenvalue weighted by Crippen LogP contribution is 2.29. The first kappa shape index (κ1) is 14.5. The molecule has 0 heterocycles. The summed E-state index contributed by atoms with van der Waals surface area (Å²) in [6.07, 6.45) is 6.70. The number of hydrogen-bond acceptors (Lipinski definition) is 2. The van der Waals surface area contributed by atoms with E-state index in [1.165, 1.54) is 43.2 Å². The summed E-state index contributed by atoms with van der Waals surface area (Å²) in [6.45, 7) is 5.92. The van der Waals surface area contributed by atoms with Gasteiger partial charge in [0.2, 0.25) is 0 Å². The van der Waals surface area contributed by atoms with Gasteiger partial charge in [0.1, 0.15) is 0 Å². The Balaban J connectivity index is 1.65. The highest BCUT2D eigenvalue weighted by Gasteiger charge is 2.16. The second kappa shape index (κ2) is 8.34. The van der Waals surface area contributed by atoms with Crippen molar-refractivity contribution in [2.45, 2.75) is 52.2 Å². The van der Waals surface area contributed by atoms with Gasteiger partial charge in [0.15, 0.2) is 0 Å². The summed E-state index contributed by atoms with van der Waals surface area (Å²) in [6, 6.07) is 8.73. The molecule has 19 heavy (non-hydrogen) atoms. The second-order valence-corrected chi connectivity index (χ2v) is 5.63. The van der Waals surface area contributed by atoms with Crippen molar-refractivity contribution >= 4 is 0 Å². The molecule has 2 rings (SSSR count). The SMILES string of the molecule is CCCNCc1cccc(COCCC2CCC2)c1. The average molecular weight is 261 g/mol. The quantitative estimate of drug-likeness (QED) is 0.681. The Hall–Kier alpha value is -0.860. The molecule has 106 valence electrons. The van der Waals surface area contributed by atoms with E-state index >= 15 is 0 Å². The van der Waals surface area contributed by atoms with Gasteiger partial charge in [-0.2, -0.15) is 0 Å². The highest BCUT2D eigenvalue weighted by atomic mass is 16.5. The van der Waals surface area contributed by atoms with Crippen LogP contribution in [0.15, 0.2) is 24.3 Å². The lowest BCUT2D eigenvalue weighted by Gasteiger charge is -2.24. The molecular formula is C17H27NO. The molecule has 0 spiro atoms. The molecule has 0 amide bonds. The molecule has 0 radical (unpaired) electrons. The van der Waals surface area contributed by atoms with Crippen LogP contribution in [0.1, 0.15) is 50.2 Å². The van der Waals surface area contributed by atoms with Gasteiger partial charge in [0, 0.05) is 13.2 Å². The van der Waals surface area contributed by atoms with Crippen molar-refractivity contribution in [1.29, 1.82) is 0 Å². The average Bonchev–Trinajstić information content (AvgIpc) is 2.37. The first-order valence-corrected chi connectivity index (χ1v) is 7.74. The molecule has 1 fully saturated rings. The molecule has 0 unspecified atom stereocenters. The van der Waals surface area contributed by atoms with Gasteiger partial charge in [-0.1, -0.05) is 50.5 Å². The lowest BCUT2D eigenvalue weighted by molar-refractivity contribution is 0.0949. The second-order valence-electron chi connectivity index (χ2n) is 5.63. The van der Waals surface area contributed by atoms with E-state index in [4.69, 9.17) is 4.74 Å². The summed E-state index contributed by atoms with van der Waals surface area (Å²) in [5.41, 5.74) is 2.65. The van der Waals surface area contributed by atoms with E-state index in [0.29, 0.717) is 0 Å². The molecule has 1 aliphatic rings. The molecular weight excluding hydrogens is 234 g/mol. The Morgan fingerprint density at radius 1 is 1.26 bits per heavy atom. The van der Waals surface area contributed by atoms with E-state index in [0.717, 1.165) is 32.2 Å². The summed E-state index contributed by atoms with van der Waals surface area (Å²) >= 11 is 0. The van der Waals surface area contributed by atoms with Crippen LogP contribution in [0.3, 0.4) is 0 Å². The summed E-state index contributed by atoms with van der Waals surface area (Å²) in [4.78, 5) is 0. The van der Waals surface area contributed by atoms with E-state index in [-0.39, 0.29) is 0 Å². The minimum Gasteiger partial charge on any atom is -0.377 e. The fraction of sp³-hybridized carbons (Fsp3) is 0.647. The summed E-state index contributed by atoms with van der Waals surface area (Å²) in [7, 11) is 0. The van der Waals surface area contributed by atoms with Gasteiger partial charge in [-0.15, -0.1) is 0 Å². The summed E-state index contributed by atoms with van der Waals surface area (Å²) in [5.74, 6) is 0.949. The van der Waals surface area contributed by atoms with Crippen LogP contribution in [0.25, 0.3) is 0 Å². The first-order valence-electron chi connectivity index (χ1n) is 7.74. The third-order valence-electron chi connectivity index (χ3n) is 3.91. The summed E-state index contributed by atoms with van der Waals surface area (Å²) < 4.78 is 5.79. The standard InChI is InChI=1S/C17H27NO/c1-2-10-18-13-16-7-4-8-17(12-16)14-19-11-9-15-5-3-6-15/h4,7-8,12,15,18H,2-3,5-6,9-11,13-14H2,1H3. The molecule has 0 aromatic heterocycles. The number of hydrogen-bond donors (Lipinski definition) is 1. The Labute approximate surface area is 117 Å². The van der Waals surface area contributed by atoms with Crippen molar-refractivity contribution in [3.05, 3.63) is 35.4 Å². The molecule has 0 atom stereocenters. The zero-order valence-corrected chi connectivity index (χ0v) is 12.2. The zero-order chi connectivity index (χ0) is 13.3. The van der Waals surface area contributed by atoms with Crippen molar-refractivity contribution in [2.75, 3.05) is 13.2 Å². The normalized spacial score (nSPS) is 15.4. The predicted molar refractivity (Wildman–Crippen MR) is 80.1 cm³/mol. The molecule has 1 N–H and O–H groups in total. The van der Waals surface area contributed by atoms with Crippen LogP contribution in [0.4, 0.5) is 0 Å². The molecule has 2 nitrogen and oxygen atoms in total. The largest absolute Gasteiger partial charge is 0.377 e. The molecule has 1 aromatic rings. The van der Waals surface area contributed by atoms with Gasteiger partial charge in [-0.05, 0) is 36.4 Å². The Kier molecular flexibility index (Phi) is 6.38. The van der Waals surface area contributed by atoms with Crippen molar-refractivity contribution in [1.82, 2.24) is 5.32 Å². The van der Waals surface area contributed by atoms with Crippen molar-refractivity contribution in [3.8, 4) is 0 Å². The smallest absolute Gasteiger partial charge is 0.0716 e. The van der Waals surface area contributed by atoms with Gasteiger partial charge < -0.3 is 10.1 Å². The van der Waals surface area contributed by atoms with Crippen LogP contribution < -0.4 is 5.32 Å². The molecule has 1 aromatic carbocycles. The zero-order valence-electron chi connectivity index (χ0n) is 12.2. The predicted octanol–water partition coefficient (Wildman–Crippen LogP) is 3.89. The first-order chi connectivity index (χ1) is 9.38. The maximum absolute atomic E-state index is 5.79. The number of ether oxygens (including phenoxy) is 1. The maximum atomic E-state index is 5.79. The molecule has 1 aliphatic carbocycles. The monoisotopic (exact) mass is 261 g/mol. The lowest BCUT2D eigenvalue weighted by Crippen LogP contribution is -2.14. The van der Waals surface area contributed by atoms with Gasteiger partial charge in [-0.3, -0.25) is 0 Å². The molecule has 0 bridgehead atoms. The van der Waals surface area contributed by atoms with Gasteiger partial charge >= 0.3 is 0 Å². The molecule has 0 saturated heterocycles. The minimum atomic E-state index is 0.758. The maximum Gasteiger partial charge on any atom is 0.0716 e. The number of nitrogens with one attached hydrogen (secondary N) is 1. The van der Waals surface area contributed by atoms with Gasteiger partial charge in [-0.25, -0.2) is 0 Å². The van der Waals surface area contributed by atoms with E-state index < -0.39 is 0 Å². The number of benzene rings is 1. The van der Waals surface area contributed by atoms with Crippen LogP contribution in [0.2, 0.25) is 0 Å². The van der Waals surface area contributed by atoms with Gasteiger partial charge in [0.25, 0.3) is 0 Å². The number of rotatable bonds is 9. The van der Waals surface area contributed by atoms with E-state index in [9.17, 15) is 0 Å². The molecule has 1 saturated carbocycles. The van der Waals surface area contributed by atoms with Crippen molar-refractivity contribution in [3.63, 3.8) is 0 Å². The van der Waals surface area contributed by atoms with Crippen LogP contribution in [-0.4, -0.2) is 13.2 Å². The lowest BCUT2D eigenvalue weighted by atomic mass is 9.83. The highest BCUT2D eigenvalue weighted by molar-refractivity contribution is 5.22. The van der Waals surface area contributed by atoms with Crippen LogP contribution in [0.5, 0.6) is 0 Å². The Morgan fingerprint density at radius 2 is 2.11 bits per heavy atom.